The molecule has 1 aliphatic rings. The highest BCUT2D eigenvalue weighted by Crippen LogP contribution is 2.25. The van der Waals surface area contributed by atoms with Crippen LogP contribution in [0.2, 0.25) is 0 Å². The molecule has 3 atom stereocenters. The second-order valence-electron chi connectivity index (χ2n) is 6.60. The fourth-order valence-corrected chi connectivity index (χ4v) is 3.17. The number of hydrogen-bond acceptors (Lipinski definition) is 3. The maximum atomic E-state index is 12.0. The number of ether oxygens (including phenoxy) is 1. The lowest BCUT2D eigenvalue weighted by atomic mass is 9.88. The van der Waals surface area contributed by atoms with Gasteiger partial charge >= 0.3 is 6.03 Å². The van der Waals surface area contributed by atoms with Crippen LogP contribution in [0.15, 0.2) is 6.20 Å². The van der Waals surface area contributed by atoms with Gasteiger partial charge in [-0.1, -0.05) is 19.8 Å². The van der Waals surface area contributed by atoms with Crippen molar-refractivity contribution in [3.63, 3.8) is 0 Å². The molecule has 0 radical (unpaired) electrons. The van der Waals surface area contributed by atoms with Crippen molar-refractivity contribution in [2.45, 2.75) is 58.6 Å². The number of hydrogen-bond donors (Lipinski definition) is 2. The molecule has 1 saturated carbocycles. The van der Waals surface area contributed by atoms with E-state index in [1.165, 1.54) is 19.3 Å². The molecular weight excluding hydrogens is 292 g/mol. The number of aromatic nitrogens is 2. The molecule has 0 saturated heterocycles. The smallest absolute Gasteiger partial charge is 0.315 e. The zero-order chi connectivity index (χ0) is 16.8. The van der Waals surface area contributed by atoms with Crippen LogP contribution >= 0.6 is 0 Å². The summed E-state index contributed by atoms with van der Waals surface area (Å²) in [5, 5.41) is 10.0. The number of urea groups is 1. The van der Waals surface area contributed by atoms with Gasteiger partial charge in [-0.25, -0.2) is 4.79 Å². The Morgan fingerprint density at radius 2 is 2.22 bits per heavy atom. The molecule has 1 aromatic rings. The van der Waals surface area contributed by atoms with Gasteiger partial charge in [0.25, 0.3) is 0 Å². The van der Waals surface area contributed by atoms with Crippen LogP contribution in [0.1, 0.15) is 56.8 Å². The van der Waals surface area contributed by atoms with Crippen molar-refractivity contribution < 1.29 is 9.53 Å². The van der Waals surface area contributed by atoms with Crippen LogP contribution in [0.5, 0.6) is 0 Å². The molecule has 0 aliphatic heterocycles. The summed E-state index contributed by atoms with van der Waals surface area (Å²) in [4.78, 5) is 12.0. The van der Waals surface area contributed by atoms with Gasteiger partial charge in [-0.2, -0.15) is 5.10 Å². The standard InChI is InChI=1S/C17H30N4O2/c1-12-7-5-6-8-16(12)23-10-9-18-17(22)20-13(2)15-11-19-21(4)14(15)3/h11-13,16H,5-10H2,1-4H3,(H2,18,20,22)/t12-,13+,16+/m1/s1. The van der Waals surface area contributed by atoms with Crippen molar-refractivity contribution in [3.8, 4) is 0 Å². The highest BCUT2D eigenvalue weighted by molar-refractivity contribution is 5.74. The molecule has 23 heavy (non-hydrogen) atoms. The molecule has 2 rings (SSSR count). The first kappa shape index (κ1) is 17.8. The van der Waals surface area contributed by atoms with Gasteiger partial charge in [-0.05, 0) is 32.6 Å². The van der Waals surface area contributed by atoms with Crippen molar-refractivity contribution in [2.75, 3.05) is 13.2 Å². The lowest BCUT2D eigenvalue weighted by Gasteiger charge is -2.28. The van der Waals surface area contributed by atoms with Crippen molar-refractivity contribution in [1.29, 1.82) is 0 Å². The minimum Gasteiger partial charge on any atom is -0.376 e. The Labute approximate surface area is 139 Å². The molecule has 1 aliphatic carbocycles. The Morgan fingerprint density at radius 3 is 2.87 bits per heavy atom. The van der Waals surface area contributed by atoms with E-state index in [1.54, 1.807) is 6.20 Å². The van der Waals surface area contributed by atoms with Gasteiger partial charge in [0, 0.05) is 24.8 Å². The van der Waals surface area contributed by atoms with Crippen LogP contribution in [-0.2, 0) is 11.8 Å². The summed E-state index contributed by atoms with van der Waals surface area (Å²) in [6.07, 6.45) is 7.11. The highest BCUT2D eigenvalue weighted by atomic mass is 16.5. The van der Waals surface area contributed by atoms with Crippen molar-refractivity contribution in [2.24, 2.45) is 13.0 Å². The molecule has 2 N–H and O–H groups in total. The highest BCUT2D eigenvalue weighted by Gasteiger charge is 2.21. The summed E-state index contributed by atoms with van der Waals surface area (Å²) >= 11 is 0. The van der Waals surface area contributed by atoms with Crippen molar-refractivity contribution in [1.82, 2.24) is 20.4 Å². The van der Waals surface area contributed by atoms with E-state index in [1.807, 2.05) is 25.6 Å². The van der Waals surface area contributed by atoms with Crippen LogP contribution in [0.3, 0.4) is 0 Å². The molecule has 0 aromatic carbocycles. The molecular formula is C17H30N4O2. The Hall–Kier alpha value is -1.56. The number of aryl methyl sites for hydroxylation is 1. The van der Waals surface area contributed by atoms with Crippen LogP contribution in [0.25, 0.3) is 0 Å². The lowest BCUT2D eigenvalue weighted by Crippen LogP contribution is -2.39. The maximum absolute atomic E-state index is 12.0. The molecule has 1 fully saturated rings. The Kier molecular flexibility index (Phi) is 6.45. The average molecular weight is 322 g/mol. The topological polar surface area (TPSA) is 68.2 Å². The van der Waals surface area contributed by atoms with E-state index >= 15 is 0 Å². The Bertz CT molecular complexity index is 515. The van der Waals surface area contributed by atoms with Crippen LogP contribution in [0, 0.1) is 12.8 Å². The first-order valence-electron chi connectivity index (χ1n) is 8.63. The third kappa shape index (κ3) is 4.96. The molecule has 130 valence electrons. The summed E-state index contributed by atoms with van der Waals surface area (Å²) in [6.45, 7) is 7.32. The summed E-state index contributed by atoms with van der Waals surface area (Å²) < 4.78 is 7.71. The van der Waals surface area contributed by atoms with Gasteiger partial charge in [-0.3, -0.25) is 4.68 Å². The summed E-state index contributed by atoms with van der Waals surface area (Å²) in [6, 6.07) is -0.232. The average Bonchev–Trinajstić information content (AvgIpc) is 2.85. The predicted octanol–water partition coefficient (Wildman–Crippen LogP) is 2.68. The molecule has 0 unspecified atom stereocenters. The first-order valence-corrected chi connectivity index (χ1v) is 8.63. The maximum Gasteiger partial charge on any atom is 0.315 e. The van der Waals surface area contributed by atoms with Crippen LogP contribution in [0.4, 0.5) is 4.79 Å². The number of rotatable bonds is 6. The van der Waals surface area contributed by atoms with Gasteiger partial charge in [0.1, 0.15) is 0 Å². The zero-order valence-electron chi connectivity index (χ0n) is 14.8. The van der Waals surface area contributed by atoms with Crippen LogP contribution < -0.4 is 10.6 Å². The molecule has 0 bridgehead atoms. The van der Waals surface area contributed by atoms with Crippen molar-refractivity contribution >= 4 is 6.03 Å². The monoisotopic (exact) mass is 322 g/mol. The minimum absolute atomic E-state index is 0.0667. The van der Waals surface area contributed by atoms with E-state index in [0.717, 1.165) is 17.7 Å². The van der Waals surface area contributed by atoms with Gasteiger partial charge in [0.2, 0.25) is 0 Å². The number of amides is 2. The number of nitrogens with one attached hydrogen (secondary N) is 2. The number of carbonyl (C=O) groups is 1. The first-order chi connectivity index (χ1) is 11.0. The lowest BCUT2D eigenvalue weighted by molar-refractivity contribution is -0.00244. The largest absolute Gasteiger partial charge is 0.376 e. The zero-order valence-corrected chi connectivity index (χ0v) is 14.8. The quantitative estimate of drug-likeness (QED) is 0.791. The molecule has 0 spiro atoms. The SMILES string of the molecule is Cc1c([C@H](C)NC(=O)NCCO[C@H]2CCCC[C@H]2C)cnn1C. The van der Waals surface area contributed by atoms with E-state index in [4.69, 9.17) is 4.74 Å². The summed E-state index contributed by atoms with van der Waals surface area (Å²) in [5.41, 5.74) is 2.10. The minimum atomic E-state index is -0.166. The number of nitrogens with zero attached hydrogens (tertiary/aromatic N) is 2. The fourth-order valence-electron chi connectivity index (χ4n) is 3.17. The second-order valence-corrected chi connectivity index (χ2v) is 6.60. The molecule has 1 aromatic heterocycles. The normalized spacial score (nSPS) is 22.6. The van der Waals surface area contributed by atoms with E-state index in [9.17, 15) is 4.79 Å². The van der Waals surface area contributed by atoms with Gasteiger partial charge in [0.05, 0.1) is 24.9 Å². The second kappa shape index (κ2) is 8.34. The number of carbonyl (C=O) groups excluding carboxylic acids is 1. The fraction of sp³-hybridized carbons (Fsp3) is 0.765. The van der Waals surface area contributed by atoms with E-state index < -0.39 is 0 Å². The van der Waals surface area contributed by atoms with E-state index in [-0.39, 0.29) is 12.1 Å². The summed E-state index contributed by atoms with van der Waals surface area (Å²) in [7, 11) is 1.90. The van der Waals surface area contributed by atoms with Gasteiger partial charge in [-0.15, -0.1) is 0 Å². The van der Waals surface area contributed by atoms with Crippen LogP contribution in [-0.4, -0.2) is 35.1 Å². The molecule has 2 amide bonds. The Balaban J connectivity index is 1.66. The Morgan fingerprint density at radius 1 is 1.48 bits per heavy atom. The molecule has 6 nitrogen and oxygen atoms in total. The van der Waals surface area contributed by atoms with E-state index in [0.29, 0.717) is 25.2 Å². The summed E-state index contributed by atoms with van der Waals surface area (Å²) in [5.74, 6) is 0.631. The third-order valence-corrected chi connectivity index (χ3v) is 4.84. The van der Waals surface area contributed by atoms with Gasteiger partial charge in [0.15, 0.2) is 0 Å². The van der Waals surface area contributed by atoms with E-state index in [2.05, 4.69) is 22.7 Å². The predicted molar refractivity (Wildman–Crippen MR) is 90.3 cm³/mol. The van der Waals surface area contributed by atoms with Gasteiger partial charge < -0.3 is 15.4 Å². The third-order valence-electron chi connectivity index (χ3n) is 4.84. The molecule has 1 heterocycles. The van der Waals surface area contributed by atoms with Crippen molar-refractivity contribution in [3.05, 3.63) is 17.5 Å². The molecule has 6 heteroatoms.